The standard InChI is InChI=1S/C24H20ClF3N4O3S2/c1-23(33,24(26,27)28)14-7-10-29-17(12-14)20-22-13(6-9-31-20)11-18(36-22)21(19-16(25)3-2-8-30-19)32-37(34,35)15-4-5-15/h2-3,6-12,15,21,32-33H,4-5H2,1H3. The Bertz CT molecular complexity index is 1590. The molecule has 7 nitrogen and oxygen atoms in total. The molecule has 0 spiro atoms. The number of alkyl halides is 3. The minimum absolute atomic E-state index is 0.131. The molecule has 4 aromatic heterocycles. The summed E-state index contributed by atoms with van der Waals surface area (Å²) in [5, 5.41) is 10.6. The van der Waals surface area contributed by atoms with E-state index in [1.807, 2.05) is 0 Å². The maximum absolute atomic E-state index is 13.4. The molecule has 4 aromatic rings. The second-order valence-corrected chi connectivity index (χ2v) is 12.4. The number of hydrogen-bond acceptors (Lipinski definition) is 7. The summed E-state index contributed by atoms with van der Waals surface area (Å²) >= 11 is 7.59. The second-order valence-electron chi connectivity index (χ2n) is 8.89. The molecule has 194 valence electrons. The van der Waals surface area contributed by atoms with Gasteiger partial charge in [0, 0.05) is 23.5 Å². The summed E-state index contributed by atoms with van der Waals surface area (Å²) in [7, 11) is -3.64. The molecule has 0 bridgehead atoms. The van der Waals surface area contributed by atoms with E-state index in [4.69, 9.17) is 11.6 Å². The van der Waals surface area contributed by atoms with Crippen molar-refractivity contribution in [2.24, 2.45) is 0 Å². The number of rotatable bonds is 7. The van der Waals surface area contributed by atoms with E-state index in [2.05, 4.69) is 19.7 Å². The van der Waals surface area contributed by atoms with Crippen molar-refractivity contribution >= 4 is 43.0 Å². The molecule has 2 unspecified atom stereocenters. The van der Waals surface area contributed by atoms with E-state index in [-0.39, 0.29) is 16.3 Å². The van der Waals surface area contributed by atoms with Crippen LogP contribution in [-0.4, -0.2) is 39.9 Å². The van der Waals surface area contributed by atoms with Gasteiger partial charge < -0.3 is 5.11 Å². The first kappa shape index (κ1) is 26.0. The Labute approximate surface area is 219 Å². The average Bonchev–Trinajstić information content (AvgIpc) is 3.62. The van der Waals surface area contributed by atoms with Crippen molar-refractivity contribution in [2.75, 3.05) is 0 Å². The van der Waals surface area contributed by atoms with Crippen LogP contribution in [0, 0.1) is 0 Å². The molecular formula is C24H20ClF3N4O3S2. The highest BCUT2D eigenvalue weighted by Gasteiger charge is 2.51. The van der Waals surface area contributed by atoms with Gasteiger partial charge >= 0.3 is 6.18 Å². The van der Waals surface area contributed by atoms with E-state index in [1.54, 1.807) is 24.3 Å². The summed E-state index contributed by atoms with van der Waals surface area (Å²) in [5.74, 6) is 0. The number of pyridine rings is 3. The van der Waals surface area contributed by atoms with Crippen LogP contribution in [0.4, 0.5) is 13.2 Å². The van der Waals surface area contributed by atoms with Crippen molar-refractivity contribution in [1.82, 2.24) is 19.7 Å². The van der Waals surface area contributed by atoms with Crippen LogP contribution < -0.4 is 4.72 Å². The molecular weight excluding hydrogens is 549 g/mol. The fourth-order valence-electron chi connectivity index (χ4n) is 3.83. The van der Waals surface area contributed by atoms with Gasteiger partial charge in [-0.25, -0.2) is 13.1 Å². The van der Waals surface area contributed by atoms with Crippen LogP contribution in [0.2, 0.25) is 5.02 Å². The van der Waals surface area contributed by atoms with E-state index in [0.717, 1.165) is 12.1 Å². The smallest absolute Gasteiger partial charge is 0.376 e. The fourth-order valence-corrected chi connectivity index (χ4v) is 6.86. The molecule has 0 aliphatic heterocycles. The minimum Gasteiger partial charge on any atom is -0.376 e. The van der Waals surface area contributed by atoms with Crippen LogP contribution >= 0.6 is 22.9 Å². The zero-order valence-corrected chi connectivity index (χ0v) is 21.6. The largest absolute Gasteiger partial charge is 0.421 e. The number of aliphatic hydroxyl groups is 1. The SMILES string of the molecule is CC(O)(c1ccnc(-c2nccc3cc(C(NS(=O)(=O)C4CC4)c4ncccc4Cl)sc23)c1)C(F)(F)F. The number of fused-ring (bicyclic) bond motifs is 1. The molecule has 4 heterocycles. The van der Waals surface area contributed by atoms with Crippen molar-refractivity contribution in [3.05, 3.63) is 76.1 Å². The quantitative estimate of drug-likeness (QED) is 0.311. The van der Waals surface area contributed by atoms with Gasteiger partial charge in [-0.15, -0.1) is 11.3 Å². The maximum Gasteiger partial charge on any atom is 0.421 e. The van der Waals surface area contributed by atoms with Gasteiger partial charge in [-0.2, -0.15) is 13.2 Å². The van der Waals surface area contributed by atoms with Crippen molar-refractivity contribution in [3.8, 4) is 11.4 Å². The molecule has 0 aromatic carbocycles. The lowest BCUT2D eigenvalue weighted by Crippen LogP contribution is -2.39. The van der Waals surface area contributed by atoms with E-state index < -0.39 is 33.1 Å². The van der Waals surface area contributed by atoms with Gasteiger partial charge in [-0.05, 0) is 67.1 Å². The molecule has 1 fully saturated rings. The summed E-state index contributed by atoms with van der Waals surface area (Å²) in [4.78, 5) is 13.4. The maximum atomic E-state index is 13.4. The lowest BCUT2D eigenvalue weighted by molar-refractivity contribution is -0.258. The molecule has 1 aliphatic rings. The Hall–Kier alpha value is -2.64. The van der Waals surface area contributed by atoms with Crippen molar-refractivity contribution in [2.45, 2.75) is 42.8 Å². The monoisotopic (exact) mass is 568 g/mol. The summed E-state index contributed by atoms with van der Waals surface area (Å²) in [5.41, 5.74) is -2.70. The predicted octanol–water partition coefficient (Wildman–Crippen LogP) is 5.35. The van der Waals surface area contributed by atoms with Gasteiger partial charge in [-0.3, -0.25) is 15.0 Å². The molecule has 37 heavy (non-hydrogen) atoms. The normalized spacial score (nSPS) is 17.0. The van der Waals surface area contributed by atoms with Crippen LogP contribution in [-0.2, 0) is 15.6 Å². The zero-order chi connectivity index (χ0) is 26.6. The third kappa shape index (κ3) is 4.96. The molecule has 0 saturated heterocycles. The summed E-state index contributed by atoms with van der Waals surface area (Å²) in [6.07, 6.45) is 0.434. The van der Waals surface area contributed by atoms with E-state index in [1.165, 1.54) is 29.9 Å². The first-order valence-corrected chi connectivity index (χ1v) is 13.9. The molecule has 0 amide bonds. The fraction of sp³-hybridized carbons (Fsp3) is 0.292. The van der Waals surface area contributed by atoms with Crippen molar-refractivity contribution < 1.29 is 26.7 Å². The Kier molecular flexibility index (Phi) is 6.52. The Balaban J connectivity index is 1.62. The van der Waals surface area contributed by atoms with Crippen LogP contribution in [0.3, 0.4) is 0 Å². The van der Waals surface area contributed by atoms with Crippen LogP contribution in [0.25, 0.3) is 21.5 Å². The second kappa shape index (κ2) is 9.28. The Morgan fingerprint density at radius 2 is 1.84 bits per heavy atom. The number of halogens is 4. The minimum atomic E-state index is -4.89. The number of hydrogen-bond donors (Lipinski definition) is 2. The topological polar surface area (TPSA) is 105 Å². The first-order valence-electron chi connectivity index (χ1n) is 11.1. The molecule has 13 heteroatoms. The van der Waals surface area contributed by atoms with Crippen LogP contribution in [0.5, 0.6) is 0 Å². The van der Waals surface area contributed by atoms with Gasteiger partial charge in [-0.1, -0.05) is 11.6 Å². The first-order chi connectivity index (χ1) is 17.4. The Morgan fingerprint density at radius 3 is 2.51 bits per heavy atom. The number of nitrogens with zero attached hydrogens (tertiary/aromatic N) is 3. The molecule has 2 N–H and O–H groups in total. The van der Waals surface area contributed by atoms with Gasteiger partial charge in [0.05, 0.1) is 32.4 Å². The van der Waals surface area contributed by atoms with Gasteiger partial charge in [0.25, 0.3) is 0 Å². The zero-order valence-electron chi connectivity index (χ0n) is 19.2. The highest BCUT2D eigenvalue weighted by atomic mass is 35.5. The summed E-state index contributed by atoms with van der Waals surface area (Å²) in [6, 6.07) is 8.10. The number of aromatic nitrogens is 3. The average molecular weight is 569 g/mol. The van der Waals surface area contributed by atoms with Crippen LogP contribution in [0.1, 0.15) is 41.9 Å². The third-order valence-corrected chi connectivity index (χ3v) is 9.61. The number of thiophene rings is 1. The van der Waals surface area contributed by atoms with Gasteiger partial charge in [0.1, 0.15) is 5.69 Å². The highest BCUT2D eigenvalue weighted by molar-refractivity contribution is 7.90. The predicted molar refractivity (Wildman–Crippen MR) is 135 cm³/mol. The summed E-state index contributed by atoms with van der Waals surface area (Å²) in [6.45, 7) is 0.677. The number of nitrogens with one attached hydrogen (secondary N) is 1. The molecule has 5 rings (SSSR count). The van der Waals surface area contributed by atoms with Crippen LogP contribution in [0.15, 0.2) is 55.0 Å². The third-order valence-electron chi connectivity index (χ3n) is 6.16. The lowest BCUT2D eigenvalue weighted by atomic mass is 9.95. The summed E-state index contributed by atoms with van der Waals surface area (Å²) < 4.78 is 69.3. The number of sulfonamides is 1. The Morgan fingerprint density at radius 1 is 1.11 bits per heavy atom. The van der Waals surface area contributed by atoms with Crippen molar-refractivity contribution in [1.29, 1.82) is 0 Å². The highest BCUT2D eigenvalue weighted by Crippen LogP contribution is 2.42. The van der Waals surface area contributed by atoms with E-state index >= 15 is 0 Å². The lowest BCUT2D eigenvalue weighted by Gasteiger charge is -2.26. The molecule has 2 atom stereocenters. The van der Waals surface area contributed by atoms with Crippen molar-refractivity contribution in [3.63, 3.8) is 0 Å². The van der Waals surface area contributed by atoms with E-state index in [0.29, 0.717) is 46.1 Å². The van der Waals surface area contributed by atoms with Gasteiger partial charge in [0.2, 0.25) is 10.0 Å². The van der Waals surface area contributed by atoms with Gasteiger partial charge in [0.15, 0.2) is 5.60 Å². The molecule has 0 radical (unpaired) electrons. The molecule has 1 aliphatic carbocycles. The molecule has 1 saturated carbocycles. The van der Waals surface area contributed by atoms with E-state index in [9.17, 15) is 26.7 Å².